The summed E-state index contributed by atoms with van der Waals surface area (Å²) in [7, 11) is 0. The van der Waals surface area contributed by atoms with Gasteiger partial charge in [-0.1, -0.05) is 33.0 Å². The minimum Gasteiger partial charge on any atom is -0.397 e. The second-order valence-corrected chi connectivity index (χ2v) is 5.50. The highest BCUT2D eigenvalue weighted by atomic mass is 32.1. The number of anilines is 1. The van der Waals surface area contributed by atoms with Gasteiger partial charge in [0.25, 0.3) is 0 Å². The van der Waals surface area contributed by atoms with Crippen LogP contribution >= 0.6 is 23.6 Å². The molecule has 13 heavy (non-hydrogen) atoms. The third-order valence-electron chi connectivity index (χ3n) is 1.72. The summed E-state index contributed by atoms with van der Waals surface area (Å²) < 4.78 is 0. The molecule has 0 unspecified atom stereocenters. The number of rotatable bonds is 1. The fourth-order valence-corrected chi connectivity index (χ4v) is 2.20. The van der Waals surface area contributed by atoms with Crippen molar-refractivity contribution in [1.82, 2.24) is 0 Å². The van der Waals surface area contributed by atoms with Crippen LogP contribution in [0.25, 0.3) is 0 Å². The number of nitrogens with two attached hydrogens (primary N) is 2. The zero-order chi connectivity index (χ0) is 10.2. The third kappa shape index (κ3) is 2.19. The van der Waals surface area contributed by atoms with Crippen molar-refractivity contribution in [3.05, 3.63) is 15.8 Å². The van der Waals surface area contributed by atoms with Crippen LogP contribution in [0.1, 0.15) is 30.5 Å². The molecule has 0 aliphatic heterocycles. The molecule has 0 aliphatic rings. The van der Waals surface area contributed by atoms with E-state index < -0.39 is 0 Å². The SMILES string of the molecule is CC(C)(C)c1cc(N)c(C(N)=S)s1. The molecule has 0 saturated heterocycles. The summed E-state index contributed by atoms with van der Waals surface area (Å²) >= 11 is 6.48. The molecule has 0 saturated carbocycles. The van der Waals surface area contributed by atoms with E-state index in [0.717, 1.165) is 4.88 Å². The Morgan fingerprint density at radius 3 is 2.23 bits per heavy atom. The van der Waals surface area contributed by atoms with Crippen molar-refractivity contribution in [3.63, 3.8) is 0 Å². The largest absolute Gasteiger partial charge is 0.397 e. The molecule has 1 heterocycles. The molecule has 1 rings (SSSR count). The Bertz CT molecular complexity index is 334. The molecule has 0 aromatic carbocycles. The van der Waals surface area contributed by atoms with Crippen molar-refractivity contribution >= 4 is 34.2 Å². The van der Waals surface area contributed by atoms with Crippen LogP contribution in [0.15, 0.2) is 6.07 Å². The molecule has 1 aromatic rings. The summed E-state index contributed by atoms with van der Waals surface area (Å²) in [6.07, 6.45) is 0. The second-order valence-electron chi connectivity index (χ2n) is 4.01. The highest BCUT2D eigenvalue weighted by Crippen LogP contribution is 2.33. The van der Waals surface area contributed by atoms with Crippen molar-refractivity contribution < 1.29 is 0 Å². The van der Waals surface area contributed by atoms with Crippen molar-refractivity contribution in [1.29, 1.82) is 0 Å². The van der Waals surface area contributed by atoms with Crippen molar-refractivity contribution in [3.8, 4) is 0 Å². The molecule has 1 aromatic heterocycles. The highest BCUT2D eigenvalue weighted by Gasteiger charge is 2.19. The molecule has 0 spiro atoms. The molecule has 0 atom stereocenters. The first kappa shape index (κ1) is 10.5. The molecule has 0 bridgehead atoms. The van der Waals surface area contributed by atoms with Gasteiger partial charge in [-0.05, 0) is 11.5 Å². The first-order chi connectivity index (χ1) is 5.82. The number of thiocarbonyl (C=S) groups is 1. The average Bonchev–Trinajstić information content (AvgIpc) is 2.29. The van der Waals surface area contributed by atoms with Crippen LogP contribution in [-0.2, 0) is 5.41 Å². The molecular weight excluding hydrogens is 200 g/mol. The minimum absolute atomic E-state index is 0.113. The van der Waals surface area contributed by atoms with Crippen LogP contribution in [0.4, 0.5) is 5.69 Å². The molecular formula is C9H14N2S2. The smallest absolute Gasteiger partial charge is 0.116 e. The normalized spacial score (nSPS) is 11.6. The fourth-order valence-electron chi connectivity index (χ4n) is 0.967. The van der Waals surface area contributed by atoms with Crippen LogP contribution in [0.2, 0.25) is 0 Å². The lowest BCUT2D eigenvalue weighted by atomic mass is 9.95. The number of nitrogen functional groups attached to an aromatic ring is 1. The van der Waals surface area contributed by atoms with Gasteiger partial charge in [-0.2, -0.15) is 0 Å². The predicted molar refractivity (Wildman–Crippen MR) is 63.3 cm³/mol. The Morgan fingerprint density at radius 2 is 2.00 bits per heavy atom. The van der Waals surface area contributed by atoms with Crippen LogP contribution < -0.4 is 11.5 Å². The molecule has 0 aliphatic carbocycles. The molecule has 0 fully saturated rings. The zero-order valence-electron chi connectivity index (χ0n) is 8.05. The van der Waals surface area contributed by atoms with E-state index in [2.05, 4.69) is 20.8 Å². The first-order valence-corrected chi connectivity index (χ1v) is 5.24. The lowest BCUT2D eigenvalue weighted by molar-refractivity contribution is 0.604. The van der Waals surface area contributed by atoms with Gasteiger partial charge >= 0.3 is 0 Å². The van der Waals surface area contributed by atoms with E-state index in [9.17, 15) is 0 Å². The Morgan fingerprint density at radius 1 is 1.46 bits per heavy atom. The Balaban J connectivity index is 3.17. The van der Waals surface area contributed by atoms with Gasteiger partial charge < -0.3 is 11.5 Å². The topological polar surface area (TPSA) is 52.0 Å². The minimum atomic E-state index is 0.113. The number of thiophene rings is 1. The summed E-state index contributed by atoms with van der Waals surface area (Å²) in [5.74, 6) is 0. The van der Waals surface area contributed by atoms with Gasteiger partial charge in [0.05, 0.1) is 10.6 Å². The maximum Gasteiger partial charge on any atom is 0.116 e. The van der Waals surface area contributed by atoms with Crippen LogP contribution in [0.3, 0.4) is 0 Å². The van der Waals surface area contributed by atoms with E-state index in [4.69, 9.17) is 23.7 Å². The van der Waals surface area contributed by atoms with Crippen molar-refractivity contribution in [2.45, 2.75) is 26.2 Å². The van der Waals surface area contributed by atoms with Gasteiger partial charge in [0.15, 0.2) is 0 Å². The van der Waals surface area contributed by atoms with Gasteiger partial charge in [-0.25, -0.2) is 0 Å². The first-order valence-electron chi connectivity index (χ1n) is 4.02. The average molecular weight is 214 g/mol. The summed E-state index contributed by atoms with van der Waals surface area (Å²) in [6.45, 7) is 6.42. The molecule has 72 valence electrons. The Labute approximate surface area is 87.9 Å². The Kier molecular flexibility index (Phi) is 2.63. The molecule has 2 nitrogen and oxygen atoms in total. The van der Waals surface area contributed by atoms with Gasteiger partial charge in [0, 0.05) is 4.88 Å². The van der Waals surface area contributed by atoms with E-state index in [1.54, 1.807) is 11.3 Å². The van der Waals surface area contributed by atoms with Gasteiger partial charge in [0.1, 0.15) is 4.99 Å². The Hall–Kier alpha value is -0.610. The zero-order valence-corrected chi connectivity index (χ0v) is 9.68. The van der Waals surface area contributed by atoms with E-state index in [-0.39, 0.29) is 5.41 Å². The quantitative estimate of drug-likeness (QED) is 0.705. The summed E-state index contributed by atoms with van der Waals surface area (Å²) in [5.41, 5.74) is 12.1. The summed E-state index contributed by atoms with van der Waals surface area (Å²) in [6, 6.07) is 1.96. The molecule has 4 heteroatoms. The van der Waals surface area contributed by atoms with Crippen molar-refractivity contribution in [2.75, 3.05) is 5.73 Å². The van der Waals surface area contributed by atoms with Crippen LogP contribution in [0.5, 0.6) is 0 Å². The maximum atomic E-state index is 5.78. The lowest BCUT2D eigenvalue weighted by Gasteiger charge is -2.15. The van der Waals surface area contributed by atoms with E-state index in [1.807, 2.05) is 6.07 Å². The monoisotopic (exact) mass is 214 g/mol. The maximum absolute atomic E-state index is 5.78. The number of hydrogen-bond acceptors (Lipinski definition) is 3. The summed E-state index contributed by atoms with van der Waals surface area (Å²) in [5, 5.41) is 0. The van der Waals surface area contributed by atoms with E-state index in [0.29, 0.717) is 10.7 Å². The standard InChI is InChI=1S/C9H14N2S2/c1-9(2,3)6-4-5(10)7(13-6)8(11)12/h4H,10H2,1-3H3,(H2,11,12). The molecule has 0 radical (unpaired) electrons. The third-order valence-corrected chi connectivity index (χ3v) is 3.67. The highest BCUT2D eigenvalue weighted by molar-refractivity contribution is 7.81. The van der Waals surface area contributed by atoms with Gasteiger partial charge in [0.2, 0.25) is 0 Å². The van der Waals surface area contributed by atoms with E-state index >= 15 is 0 Å². The summed E-state index contributed by atoms with van der Waals surface area (Å²) in [4.78, 5) is 2.44. The van der Waals surface area contributed by atoms with Crippen molar-refractivity contribution in [2.24, 2.45) is 5.73 Å². The van der Waals surface area contributed by atoms with Gasteiger partial charge in [-0.3, -0.25) is 0 Å². The fraction of sp³-hybridized carbons (Fsp3) is 0.444. The van der Waals surface area contributed by atoms with Gasteiger partial charge in [-0.15, -0.1) is 11.3 Å². The molecule has 4 N–H and O–H groups in total. The molecule has 0 amide bonds. The second kappa shape index (κ2) is 3.27. The number of hydrogen-bond donors (Lipinski definition) is 2. The van der Waals surface area contributed by atoms with Crippen LogP contribution in [0, 0.1) is 0 Å². The lowest BCUT2D eigenvalue weighted by Crippen LogP contribution is -2.09. The van der Waals surface area contributed by atoms with E-state index in [1.165, 1.54) is 4.88 Å². The predicted octanol–water partition coefficient (Wildman–Crippen LogP) is 2.26. The van der Waals surface area contributed by atoms with Crippen LogP contribution in [-0.4, -0.2) is 4.99 Å².